The molecule has 36 heavy (non-hydrogen) atoms. The van der Waals surface area contributed by atoms with Crippen molar-refractivity contribution >= 4 is 29.8 Å². The number of nitrogens with two attached hydrogens (primary N) is 2. The molecule has 5 rings (SSSR count). The lowest BCUT2D eigenvalue weighted by Gasteiger charge is -2.31. The number of aromatic nitrogens is 2. The molecule has 2 aromatic rings. The molecule has 2 heterocycles. The summed E-state index contributed by atoms with van der Waals surface area (Å²) in [4.78, 5) is 25.7. The summed E-state index contributed by atoms with van der Waals surface area (Å²) in [5.41, 5.74) is 13.6. The first-order valence-corrected chi connectivity index (χ1v) is 12.3. The highest BCUT2D eigenvalue weighted by molar-refractivity contribution is 6.31. The van der Waals surface area contributed by atoms with Gasteiger partial charge in [-0.15, -0.1) is 0 Å². The first-order chi connectivity index (χ1) is 17.3. The predicted molar refractivity (Wildman–Crippen MR) is 132 cm³/mol. The molecule has 0 bridgehead atoms. The van der Waals surface area contributed by atoms with Crippen molar-refractivity contribution in [3.63, 3.8) is 0 Å². The number of nitrogens with zero attached hydrogens (tertiary/aromatic N) is 3. The molecule has 2 saturated carbocycles. The molecule has 3 aliphatic rings. The minimum absolute atomic E-state index is 0.0753. The van der Waals surface area contributed by atoms with Crippen molar-refractivity contribution in [1.82, 2.24) is 14.7 Å². The summed E-state index contributed by atoms with van der Waals surface area (Å²) in [5.74, 6) is 0.754. The molecule has 1 aromatic heterocycles. The maximum Gasteiger partial charge on any atom is 0.375 e. The predicted octanol–water partition coefficient (Wildman–Crippen LogP) is 3.90. The number of halogens is 3. The van der Waals surface area contributed by atoms with Crippen molar-refractivity contribution in [1.29, 1.82) is 0 Å². The van der Waals surface area contributed by atoms with E-state index in [2.05, 4.69) is 15.6 Å². The van der Waals surface area contributed by atoms with Crippen LogP contribution in [0.1, 0.15) is 43.7 Å². The fourth-order valence-corrected chi connectivity index (χ4v) is 6.33. The number of hydrogen-bond donors (Lipinski definition) is 2. The summed E-state index contributed by atoms with van der Waals surface area (Å²) in [7, 11) is 1.83. The average molecular weight is 522 g/mol. The van der Waals surface area contributed by atoms with Gasteiger partial charge in [0.1, 0.15) is 11.6 Å². The maximum atomic E-state index is 13.7. The van der Waals surface area contributed by atoms with Crippen LogP contribution in [0.15, 0.2) is 29.8 Å². The Bertz CT molecular complexity index is 1160. The highest BCUT2D eigenvalue weighted by Gasteiger charge is 2.45. The number of carbonyl (C=O) groups is 2. The minimum atomic E-state index is -0.867. The second-order valence-corrected chi connectivity index (χ2v) is 10.1. The monoisotopic (exact) mass is 521 g/mol. The zero-order valence-corrected chi connectivity index (χ0v) is 20.8. The molecule has 1 amide bonds. The third-order valence-electron chi connectivity index (χ3n) is 7.79. The fraction of sp³-hybridized carbons (Fsp3) is 0.480. The normalized spacial score (nSPS) is 25.5. The van der Waals surface area contributed by atoms with Gasteiger partial charge in [-0.3, -0.25) is 14.4 Å². The van der Waals surface area contributed by atoms with Crippen LogP contribution in [0.2, 0.25) is 5.02 Å². The standard InChI is InChI=1S/C24H27ClF2N4O2.CH3NO/c1-30-23(28)21(14-2-3-20(26)19(25)12-14)22(29-30)17-8-15-10-18(11-16(15)9-17)31-6-4-13(5-7-31)24(32)33-27;2-1-3/h2-4,12,15-18H,5-11,28H2,1H3;1H,(H2,2,3). The third-order valence-corrected chi connectivity index (χ3v) is 8.08. The van der Waals surface area contributed by atoms with Crippen molar-refractivity contribution in [2.45, 2.75) is 44.1 Å². The number of benzene rings is 1. The zero-order valence-electron chi connectivity index (χ0n) is 20.0. The Labute approximate surface area is 213 Å². The van der Waals surface area contributed by atoms with Crippen LogP contribution in [0.3, 0.4) is 0 Å². The van der Waals surface area contributed by atoms with E-state index in [0.29, 0.717) is 48.2 Å². The van der Waals surface area contributed by atoms with Gasteiger partial charge in [-0.2, -0.15) is 5.10 Å². The van der Waals surface area contributed by atoms with Gasteiger partial charge in [0.05, 0.1) is 10.7 Å². The summed E-state index contributed by atoms with van der Waals surface area (Å²) in [5, 5.41) is 4.83. The lowest BCUT2D eigenvalue weighted by molar-refractivity contribution is -0.178. The molecule has 0 saturated heterocycles. The van der Waals surface area contributed by atoms with Crippen LogP contribution in [-0.2, 0) is 21.6 Å². The molecular weight excluding hydrogens is 492 g/mol. The summed E-state index contributed by atoms with van der Waals surface area (Å²) in [6.07, 6.45) is 6.87. The van der Waals surface area contributed by atoms with Gasteiger partial charge in [-0.05, 0) is 61.6 Å². The Hall–Kier alpha value is -2.98. The summed E-state index contributed by atoms with van der Waals surface area (Å²) in [6.45, 7) is 1.41. The van der Waals surface area contributed by atoms with E-state index in [-0.39, 0.29) is 11.4 Å². The Morgan fingerprint density at radius 1 is 1.25 bits per heavy atom. The number of nitrogen functional groups attached to an aromatic ring is 1. The first kappa shape index (κ1) is 26.1. The Kier molecular flexibility index (Phi) is 7.94. The summed E-state index contributed by atoms with van der Waals surface area (Å²) >= 11 is 6.04. The molecule has 11 heteroatoms. The fourth-order valence-electron chi connectivity index (χ4n) is 6.15. The van der Waals surface area contributed by atoms with Crippen LogP contribution in [0.4, 0.5) is 14.7 Å². The number of rotatable bonds is 4. The molecule has 1 aliphatic heterocycles. The van der Waals surface area contributed by atoms with E-state index in [0.717, 1.165) is 49.0 Å². The van der Waals surface area contributed by atoms with Gasteiger partial charge in [0.15, 0.2) is 0 Å². The van der Waals surface area contributed by atoms with E-state index < -0.39 is 11.8 Å². The summed E-state index contributed by atoms with van der Waals surface area (Å²) < 4.78 is 27.6. The summed E-state index contributed by atoms with van der Waals surface area (Å²) in [6, 6.07) is 5.18. The minimum Gasteiger partial charge on any atom is -0.383 e. The van der Waals surface area contributed by atoms with Gasteiger partial charge >= 0.3 is 5.97 Å². The quantitative estimate of drug-likeness (QED) is 0.589. The van der Waals surface area contributed by atoms with Crippen molar-refractivity contribution in [2.24, 2.45) is 24.6 Å². The number of anilines is 1. The van der Waals surface area contributed by atoms with Gasteiger partial charge in [-0.1, -0.05) is 23.7 Å². The van der Waals surface area contributed by atoms with Crippen molar-refractivity contribution in [3.8, 4) is 11.1 Å². The molecule has 2 atom stereocenters. The largest absolute Gasteiger partial charge is 0.383 e. The molecule has 2 fully saturated rings. The number of amides is 1. The molecular formula is C25H30ClF2N5O3. The number of hydrogen-bond acceptors (Lipinski definition) is 6. The molecule has 2 unspecified atom stereocenters. The number of fused-ring (bicyclic) bond motifs is 1. The van der Waals surface area contributed by atoms with Gasteiger partial charge < -0.3 is 11.5 Å². The van der Waals surface area contributed by atoms with Crippen LogP contribution in [0, 0.1) is 17.7 Å². The maximum absolute atomic E-state index is 13.7. The first-order valence-electron chi connectivity index (χ1n) is 12.0. The number of aryl methyl sites for hydroxylation is 1. The smallest absolute Gasteiger partial charge is 0.375 e. The van der Waals surface area contributed by atoms with Crippen LogP contribution in [0.5, 0.6) is 0 Å². The van der Waals surface area contributed by atoms with Crippen LogP contribution in [-0.4, -0.2) is 46.2 Å². The second kappa shape index (κ2) is 11.0. The molecule has 1 aromatic carbocycles. The van der Waals surface area contributed by atoms with Gasteiger partial charge in [0.2, 0.25) is 6.41 Å². The number of primary amides is 1. The lowest BCUT2D eigenvalue weighted by Crippen LogP contribution is -2.38. The van der Waals surface area contributed by atoms with Crippen molar-refractivity contribution in [2.75, 3.05) is 18.8 Å². The van der Waals surface area contributed by atoms with Gasteiger partial charge in [0.25, 0.3) is 0 Å². The third kappa shape index (κ3) is 5.10. The van der Waals surface area contributed by atoms with Crippen molar-refractivity contribution < 1.29 is 23.4 Å². The molecule has 0 spiro atoms. The molecule has 8 nitrogen and oxygen atoms in total. The highest BCUT2D eigenvalue weighted by Crippen LogP contribution is 2.53. The van der Waals surface area contributed by atoms with E-state index in [1.165, 1.54) is 6.07 Å². The Morgan fingerprint density at radius 2 is 1.92 bits per heavy atom. The van der Waals surface area contributed by atoms with E-state index in [1.807, 2.05) is 7.05 Å². The average Bonchev–Trinajstić information content (AvgIpc) is 3.53. The van der Waals surface area contributed by atoms with E-state index in [4.69, 9.17) is 27.2 Å². The lowest BCUT2D eigenvalue weighted by atomic mass is 9.92. The zero-order chi connectivity index (χ0) is 26.0. The molecule has 0 radical (unpaired) electrons. The topological polar surface area (TPSA) is 116 Å². The highest BCUT2D eigenvalue weighted by atomic mass is 35.5. The number of carbonyl (C=O) groups excluding carboxylic acids is 2. The molecule has 4 N–H and O–H groups in total. The molecule has 2 aliphatic carbocycles. The van der Waals surface area contributed by atoms with Crippen molar-refractivity contribution in [3.05, 3.63) is 46.4 Å². The van der Waals surface area contributed by atoms with Crippen LogP contribution < -0.4 is 11.5 Å². The van der Waals surface area contributed by atoms with E-state index in [9.17, 15) is 13.7 Å². The second-order valence-electron chi connectivity index (χ2n) is 9.69. The van der Waals surface area contributed by atoms with E-state index >= 15 is 0 Å². The van der Waals surface area contributed by atoms with Crippen LogP contribution in [0.25, 0.3) is 11.1 Å². The molecule has 194 valence electrons. The SMILES string of the molecule is Cn1nc(C2CC3CC(N4CC=C(C(=O)OF)CC4)CC3C2)c(-c2ccc(F)c(Cl)c2)c1N.NC=O. The van der Waals surface area contributed by atoms with Gasteiger partial charge in [0, 0.05) is 47.8 Å². The Balaban J connectivity index is 0.000000967. The van der Waals surface area contributed by atoms with Gasteiger partial charge in [-0.25, -0.2) is 14.1 Å². The van der Waals surface area contributed by atoms with Crippen LogP contribution >= 0.6 is 11.6 Å². The van der Waals surface area contributed by atoms with E-state index in [1.54, 1.807) is 22.9 Å². The Morgan fingerprint density at radius 3 is 2.47 bits per heavy atom.